The quantitative estimate of drug-likeness (QED) is 0.597. The van der Waals surface area contributed by atoms with Crippen LogP contribution >= 0.6 is 15.9 Å². The molecule has 0 atom stereocenters. The van der Waals surface area contributed by atoms with Gasteiger partial charge in [-0.25, -0.2) is 4.79 Å². The number of hydrogen-bond acceptors (Lipinski definition) is 2. The molecule has 1 heterocycles. The minimum absolute atomic E-state index is 0.131. The number of carbonyl (C=O) groups excluding carboxylic acids is 1. The summed E-state index contributed by atoms with van der Waals surface area (Å²) in [5.74, 6) is -0.641. The Morgan fingerprint density at radius 2 is 2.18 bits per heavy atom. The van der Waals surface area contributed by atoms with Crippen LogP contribution in [0.5, 0.6) is 0 Å². The van der Waals surface area contributed by atoms with Gasteiger partial charge in [0.05, 0.1) is 5.69 Å². The van der Waals surface area contributed by atoms with Crippen molar-refractivity contribution in [2.24, 2.45) is 5.73 Å². The summed E-state index contributed by atoms with van der Waals surface area (Å²) in [6.45, 7) is 0. The van der Waals surface area contributed by atoms with Crippen LogP contribution in [-0.4, -0.2) is 15.9 Å². The lowest BCUT2D eigenvalue weighted by molar-refractivity contribution is 0.0995. The molecule has 4 N–H and O–H groups in total. The third-order valence-electron chi connectivity index (χ3n) is 1.18. The van der Waals surface area contributed by atoms with Gasteiger partial charge < -0.3 is 15.7 Å². The smallest absolute Gasteiger partial charge is 0.323 e. The van der Waals surface area contributed by atoms with Crippen molar-refractivity contribution in [1.82, 2.24) is 9.97 Å². The van der Waals surface area contributed by atoms with Gasteiger partial charge in [-0.15, -0.1) is 0 Å². The van der Waals surface area contributed by atoms with Crippen molar-refractivity contribution in [3.05, 3.63) is 21.9 Å². The summed E-state index contributed by atoms with van der Waals surface area (Å²) < 4.78 is 0. The average molecular weight is 220 g/mol. The number of imidazole rings is 1. The number of nitrogens with two attached hydrogens (primary N) is 1. The van der Waals surface area contributed by atoms with Crippen LogP contribution in [0.4, 0.5) is 0 Å². The van der Waals surface area contributed by atoms with Crippen molar-refractivity contribution in [2.45, 2.75) is 5.33 Å². The van der Waals surface area contributed by atoms with Crippen molar-refractivity contribution in [3.63, 3.8) is 0 Å². The maximum Gasteiger partial charge on any atom is 0.323 e. The molecule has 0 fully saturated rings. The molecule has 1 rings (SSSR count). The highest BCUT2D eigenvalue weighted by atomic mass is 79.9. The van der Waals surface area contributed by atoms with Gasteiger partial charge in [0.25, 0.3) is 5.91 Å². The number of aromatic amines is 2. The Labute approximate surface area is 70.1 Å². The lowest BCUT2D eigenvalue weighted by Crippen LogP contribution is -2.14. The van der Waals surface area contributed by atoms with Crippen LogP contribution in [0.2, 0.25) is 0 Å². The molecule has 0 saturated heterocycles. The molecular formula is C5H6BrN3O2. The third-order valence-corrected chi connectivity index (χ3v) is 1.75. The van der Waals surface area contributed by atoms with E-state index in [1.807, 2.05) is 0 Å². The highest BCUT2D eigenvalue weighted by Gasteiger charge is 2.09. The molecule has 0 radical (unpaired) electrons. The van der Waals surface area contributed by atoms with Crippen LogP contribution in [0.1, 0.15) is 16.2 Å². The normalized spacial score (nSPS) is 9.91. The molecule has 5 nitrogen and oxygen atoms in total. The van der Waals surface area contributed by atoms with Crippen LogP contribution in [0.3, 0.4) is 0 Å². The molecule has 6 heteroatoms. The first-order valence-electron chi connectivity index (χ1n) is 2.82. The van der Waals surface area contributed by atoms with Gasteiger partial charge in [0.15, 0.2) is 0 Å². The van der Waals surface area contributed by atoms with Gasteiger partial charge in [-0.05, 0) is 0 Å². The van der Waals surface area contributed by atoms with Crippen LogP contribution < -0.4 is 11.4 Å². The number of rotatable bonds is 2. The molecule has 0 spiro atoms. The molecule has 0 aliphatic carbocycles. The number of amides is 1. The molecule has 11 heavy (non-hydrogen) atoms. The number of H-pyrrole nitrogens is 2. The van der Waals surface area contributed by atoms with Gasteiger partial charge >= 0.3 is 5.69 Å². The summed E-state index contributed by atoms with van der Waals surface area (Å²) in [5, 5.41) is 0.393. The van der Waals surface area contributed by atoms with Crippen molar-refractivity contribution >= 4 is 21.8 Å². The molecule has 1 aromatic rings. The van der Waals surface area contributed by atoms with Crippen LogP contribution in [-0.2, 0) is 5.33 Å². The van der Waals surface area contributed by atoms with Gasteiger partial charge in [0.2, 0.25) is 0 Å². The van der Waals surface area contributed by atoms with Gasteiger partial charge in [-0.2, -0.15) is 0 Å². The standard InChI is InChI=1S/C5H6BrN3O2/c6-1-2-3(4(7)10)9-5(11)8-2/h1H2,(H2,7,10)(H2,8,9,11). The summed E-state index contributed by atoms with van der Waals surface area (Å²) in [6, 6.07) is 0. The van der Waals surface area contributed by atoms with Crippen molar-refractivity contribution < 1.29 is 4.79 Å². The molecule has 0 aliphatic rings. The maximum atomic E-state index is 10.6. The first kappa shape index (κ1) is 8.06. The molecular weight excluding hydrogens is 214 g/mol. The molecule has 0 aliphatic heterocycles. The van der Waals surface area contributed by atoms with E-state index in [2.05, 4.69) is 25.9 Å². The molecule has 60 valence electrons. The zero-order valence-electron chi connectivity index (χ0n) is 5.48. The number of nitrogens with one attached hydrogen (secondary N) is 2. The summed E-state index contributed by atoms with van der Waals surface area (Å²) >= 11 is 3.09. The summed E-state index contributed by atoms with van der Waals surface area (Å²) in [5.41, 5.74) is 5.14. The minimum Gasteiger partial charge on any atom is -0.364 e. The lowest BCUT2D eigenvalue weighted by atomic mass is 10.3. The van der Waals surface area contributed by atoms with E-state index in [9.17, 15) is 9.59 Å². The summed E-state index contributed by atoms with van der Waals surface area (Å²) in [4.78, 5) is 25.9. The lowest BCUT2D eigenvalue weighted by Gasteiger charge is -1.90. The van der Waals surface area contributed by atoms with E-state index in [-0.39, 0.29) is 5.69 Å². The van der Waals surface area contributed by atoms with E-state index in [4.69, 9.17) is 5.73 Å². The maximum absolute atomic E-state index is 10.6. The van der Waals surface area contributed by atoms with E-state index >= 15 is 0 Å². The van der Waals surface area contributed by atoms with E-state index in [1.165, 1.54) is 0 Å². The molecule has 0 saturated carbocycles. The van der Waals surface area contributed by atoms with Gasteiger partial charge in [0.1, 0.15) is 5.69 Å². The third kappa shape index (κ3) is 1.51. The fraction of sp³-hybridized carbons (Fsp3) is 0.200. The van der Waals surface area contributed by atoms with E-state index in [0.717, 1.165) is 0 Å². The zero-order chi connectivity index (χ0) is 8.43. The van der Waals surface area contributed by atoms with E-state index in [1.54, 1.807) is 0 Å². The highest BCUT2D eigenvalue weighted by Crippen LogP contribution is 2.03. The number of primary amides is 1. The van der Waals surface area contributed by atoms with Crippen molar-refractivity contribution in [3.8, 4) is 0 Å². The number of alkyl halides is 1. The highest BCUT2D eigenvalue weighted by molar-refractivity contribution is 9.08. The predicted octanol–water partition coefficient (Wildman–Crippen LogP) is -0.303. The number of halogens is 1. The SMILES string of the molecule is NC(=O)c1[nH]c(=O)[nH]c1CBr. The second-order valence-corrected chi connectivity index (χ2v) is 2.49. The predicted molar refractivity (Wildman–Crippen MR) is 42.6 cm³/mol. The second kappa shape index (κ2) is 2.91. The number of carbonyl (C=O) groups is 1. The Kier molecular flexibility index (Phi) is 2.13. The van der Waals surface area contributed by atoms with Crippen molar-refractivity contribution in [1.29, 1.82) is 0 Å². The molecule has 0 aromatic carbocycles. The Morgan fingerprint density at radius 1 is 1.55 bits per heavy atom. The minimum atomic E-state index is -0.641. The monoisotopic (exact) mass is 219 g/mol. The Hall–Kier alpha value is -1.04. The number of hydrogen-bond donors (Lipinski definition) is 3. The Morgan fingerprint density at radius 3 is 2.55 bits per heavy atom. The second-order valence-electron chi connectivity index (χ2n) is 1.93. The first-order chi connectivity index (χ1) is 5.15. The zero-order valence-corrected chi connectivity index (χ0v) is 7.06. The van der Waals surface area contributed by atoms with Gasteiger partial charge in [-0.3, -0.25) is 4.79 Å². The Bertz CT molecular complexity index is 327. The van der Waals surface area contributed by atoms with Crippen LogP contribution in [0, 0.1) is 0 Å². The molecule has 0 unspecified atom stereocenters. The topological polar surface area (TPSA) is 91.7 Å². The summed E-state index contributed by atoms with van der Waals surface area (Å²) in [6.07, 6.45) is 0. The van der Waals surface area contributed by atoms with E-state index in [0.29, 0.717) is 11.0 Å². The first-order valence-corrected chi connectivity index (χ1v) is 3.94. The van der Waals surface area contributed by atoms with Gasteiger partial charge in [-0.1, -0.05) is 15.9 Å². The fourth-order valence-electron chi connectivity index (χ4n) is 0.730. The molecule has 1 amide bonds. The average Bonchev–Trinajstić information content (AvgIpc) is 2.30. The van der Waals surface area contributed by atoms with E-state index < -0.39 is 11.6 Å². The number of aromatic nitrogens is 2. The fourth-order valence-corrected chi connectivity index (χ4v) is 1.15. The van der Waals surface area contributed by atoms with Crippen molar-refractivity contribution in [2.75, 3.05) is 0 Å². The molecule has 1 aromatic heterocycles. The Balaban J connectivity index is 3.23. The largest absolute Gasteiger partial charge is 0.364 e. The van der Waals surface area contributed by atoms with Crippen LogP contribution in [0.15, 0.2) is 4.79 Å². The molecule has 0 bridgehead atoms. The van der Waals surface area contributed by atoms with Gasteiger partial charge in [0, 0.05) is 5.33 Å². The van der Waals surface area contributed by atoms with Crippen LogP contribution in [0.25, 0.3) is 0 Å². The summed E-state index contributed by atoms with van der Waals surface area (Å²) in [7, 11) is 0.